The first-order valence-corrected chi connectivity index (χ1v) is 9.73. The van der Waals surface area contributed by atoms with E-state index < -0.39 is 0 Å². The average Bonchev–Trinajstić information content (AvgIpc) is 2.74. The number of anilines is 2. The van der Waals surface area contributed by atoms with Gasteiger partial charge >= 0.3 is 0 Å². The molecule has 6 nitrogen and oxygen atoms in total. The number of thiocarbonyl (C=S) groups is 1. The van der Waals surface area contributed by atoms with Crippen molar-refractivity contribution in [2.75, 3.05) is 50.7 Å². The first kappa shape index (κ1) is 20.2. The van der Waals surface area contributed by atoms with Crippen LogP contribution in [0.15, 0.2) is 42.5 Å². The van der Waals surface area contributed by atoms with Crippen LogP contribution in [0.1, 0.15) is 18.5 Å². The van der Waals surface area contributed by atoms with Crippen molar-refractivity contribution in [1.82, 2.24) is 5.32 Å². The smallest absolute Gasteiger partial charge is 0.171 e. The van der Waals surface area contributed by atoms with Crippen molar-refractivity contribution in [2.24, 2.45) is 0 Å². The van der Waals surface area contributed by atoms with E-state index in [4.69, 9.17) is 26.4 Å². The van der Waals surface area contributed by atoms with Gasteiger partial charge in [0.05, 0.1) is 39.2 Å². The maximum absolute atomic E-state index is 5.48. The molecular weight excluding hydrogens is 374 g/mol. The molecule has 0 spiro atoms. The minimum Gasteiger partial charge on any atom is -0.497 e. The summed E-state index contributed by atoms with van der Waals surface area (Å²) in [5.74, 6) is 1.40. The Balaban J connectivity index is 1.59. The van der Waals surface area contributed by atoms with E-state index in [1.54, 1.807) is 14.2 Å². The van der Waals surface area contributed by atoms with E-state index >= 15 is 0 Å². The van der Waals surface area contributed by atoms with Crippen molar-refractivity contribution >= 4 is 28.7 Å². The molecule has 0 bridgehead atoms. The van der Waals surface area contributed by atoms with E-state index in [1.165, 1.54) is 11.3 Å². The third kappa shape index (κ3) is 5.05. The SMILES string of the molecule is COc1ccc(NC(=S)N[C@H](C)c2ccc(N3CCOCC3)cc2)c(OC)c1. The van der Waals surface area contributed by atoms with E-state index in [2.05, 4.69) is 46.7 Å². The van der Waals surface area contributed by atoms with Crippen LogP contribution in [0.25, 0.3) is 0 Å². The molecule has 0 amide bonds. The molecule has 3 rings (SSSR count). The highest BCUT2D eigenvalue weighted by molar-refractivity contribution is 7.80. The van der Waals surface area contributed by atoms with Crippen molar-refractivity contribution in [3.63, 3.8) is 0 Å². The first-order chi connectivity index (χ1) is 13.6. The molecule has 1 aliphatic heterocycles. The van der Waals surface area contributed by atoms with Gasteiger partial charge in [0, 0.05) is 24.8 Å². The van der Waals surface area contributed by atoms with Crippen LogP contribution in [0.5, 0.6) is 11.5 Å². The van der Waals surface area contributed by atoms with Gasteiger partial charge in [-0.05, 0) is 49.0 Å². The van der Waals surface area contributed by atoms with Crippen LogP contribution in [0.2, 0.25) is 0 Å². The minimum absolute atomic E-state index is 0.0722. The van der Waals surface area contributed by atoms with Crippen LogP contribution in [-0.4, -0.2) is 45.6 Å². The van der Waals surface area contributed by atoms with E-state index in [-0.39, 0.29) is 6.04 Å². The topological polar surface area (TPSA) is 55.0 Å². The van der Waals surface area contributed by atoms with Gasteiger partial charge in [0.2, 0.25) is 0 Å². The van der Waals surface area contributed by atoms with Gasteiger partial charge in [0.1, 0.15) is 11.5 Å². The molecule has 0 radical (unpaired) electrons. The summed E-state index contributed by atoms with van der Waals surface area (Å²) in [5, 5.41) is 7.05. The molecule has 1 fully saturated rings. The second kappa shape index (κ2) is 9.61. The maximum Gasteiger partial charge on any atom is 0.171 e. The van der Waals surface area contributed by atoms with Crippen molar-refractivity contribution in [1.29, 1.82) is 0 Å². The molecule has 1 aliphatic rings. The second-order valence-electron chi connectivity index (χ2n) is 6.58. The molecule has 0 aliphatic carbocycles. The third-order valence-electron chi connectivity index (χ3n) is 4.77. The fourth-order valence-corrected chi connectivity index (χ4v) is 3.42. The van der Waals surface area contributed by atoms with E-state index in [9.17, 15) is 0 Å². The number of benzene rings is 2. The summed E-state index contributed by atoms with van der Waals surface area (Å²) >= 11 is 5.48. The van der Waals surface area contributed by atoms with Gasteiger partial charge in [-0.3, -0.25) is 0 Å². The Kier molecular flexibility index (Phi) is 6.95. The number of methoxy groups -OCH3 is 2. The Bertz CT molecular complexity index is 792. The molecule has 150 valence electrons. The summed E-state index contributed by atoms with van der Waals surface area (Å²) in [7, 11) is 3.25. The number of rotatable bonds is 6. The summed E-state index contributed by atoms with van der Waals surface area (Å²) in [5.41, 5.74) is 3.18. The number of morpholine rings is 1. The van der Waals surface area contributed by atoms with Crippen LogP contribution < -0.4 is 25.0 Å². The van der Waals surface area contributed by atoms with Gasteiger partial charge in [-0.1, -0.05) is 12.1 Å². The van der Waals surface area contributed by atoms with Crippen LogP contribution in [0, 0.1) is 0 Å². The molecule has 1 heterocycles. The summed E-state index contributed by atoms with van der Waals surface area (Å²) < 4.78 is 16.0. The predicted octanol–water partition coefficient (Wildman–Crippen LogP) is 3.59. The Hall–Kier alpha value is -2.51. The van der Waals surface area contributed by atoms with E-state index in [1.807, 2.05) is 18.2 Å². The Morgan fingerprint density at radius 3 is 2.43 bits per heavy atom. The number of hydrogen-bond acceptors (Lipinski definition) is 5. The van der Waals surface area contributed by atoms with Gasteiger partial charge in [-0.15, -0.1) is 0 Å². The number of hydrogen-bond donors (Lipinski definition) is 2. The highest BCUT2D eigenvalue weighted by atomic mass is 32.1. The van der Waals surface area contributed by atoms with E-state index in [0.717, 1.165) is 37.7 Å². The molecule has 28 heavy (non-hydrogen) atoms. The van der Waals surface area contributed by atoms with Gasteiger partial charge in [-0.25, -0.2) is 0 Å². The van der Waals surface area contributed by atoms with Crippen molar-refractivity contribution in [3.05, 3.63) is 48.0 Å². The number of nitrogens with zero attached hydrogens (tertiary/aromatic N) is 1. The zero-order chi connectivity index (χ0) is 19.9. The normalized spacial score (nSPS) is 14.9. The number of ether oxygens (including phenoxy) is 3. The molecule has 7 heteroatoms. The summed E-state index contributed by atoms with van der Waals surface area (Å²) in [6.07, 6.45) is 0. The zero-order valence-electron chi connectivity index (χ0n) is 16.5. The van der Waals surface area contributed by atoms with Crippen molar-refractivity contribution < 1.29 is 14.2 Å². The summed E-state index contributed by atoms with van der Waals surface area (Å²) in [6.45, 7) is 5.53. The molecule has 1 saturated heterocycles. The molecule has 0 aromatic heterocycles. The van der Waals surface area contributed by atoms with Gasteiger partial charge in [0.25, 0.3) is 0 Å². The highest BCUT2D eigenvalue weighted by Gasteiger charge is 2.13. The number of nitrogens with one attached hydrogen (secondary N) is 2. The summed E-state index contributed by atoms with van der Waals surface area (Å²) in [6, 6.07) is 14.2. The highest BCUT2D eigenvalue weighted by Crippen LogP contribution is 2.29. The molecule has 2 aromatic carbocycles. The lowest BCUT2D eigenvalue weighted by Crippen LogP contribution is -2.36. The Labute approximate surface area is 171 Å². The lowest BCUT2D eigenvalue weighted by Gasteiger charge is -2.29. The lowest BCUT2D eigenvalue weighted by molar-refractivity contribution is 0.122. The van der Waals surface area contributed by atoms with Crippen LogP contribution in [0.3, 0.4) is 0 Å². The minimum atomic E-state index is 0.0722. The van der Waals surface area contributed by atoms with Gasteiger partial charge in [0.15, 0.2) is 5.11 Å². The Morgan fingerprint density at radius 1 is 1.07 bits per heavy atom. The average molecular weight is 402 g/mol. The quantitative estimate of drug-likeness (QED) is 0.718. The van der Waals surface area contributed by atoms with Gasteiger partial charge in [-0.2, -0.15) is 0 Å². The largest absolute Gasteiger partial charge is 0.497 e. The molecule has 2 N–H and O–H groups in total. The fourth-order valence-electron chi connectivity index (χ4n) is 3.14. The Morgan fingerprint density at radius 2 is 1.79 bits per heavy atom. The van der Waals surface area contributed by atoms with Crippen molar-refractivity contribution in [2.45, 2.75) is 13.0 Å². The maximum atomic E-state index is 5.48. The molecular formula is C21H27N3O3S. The molecule has 1 atom stereocenters. The van der Waals surface area contributed by atoms with Crippen LogP contribution in [0.4, 0.5) is 11.4 Å². The molecule has 0 saturated carbocycles. The standard InChI is InChI=1S/C21H27N3O3S/c1-15(16-4-6-17(7-5-16)24-10-12-27-13-11-24)22-21(28)23-19-9-8-18(25-2)14-20(19)26-3/h4-9,14-15H,10-13H2,1-3H3,(H2,22,23,28)/t15-/m1/s1. The second-order valence-corrected chi connectivity index (χ2v) is 6.99. The van der Waals surface area contributed by atoms with Gasteiger partial charge < -0.3 is 29.7 Å². The predicted molar refractivity (Wildman–Crippen MR) is 117 cm³/mol. The third-order valence-corrected chi connectivity index (χ3v) is 4.99. The van der Waals surface area contributed by atoms with Crippen LogP contribution >= 0.6 is 12.2 Å². The fraction of sp³-hybridized carbons (Fsp3) is 0.381. The van der Waals surface area contributed by atoms with Crippen molar-refractivity contribution in [3.8, 4) is 11.5 Å². The zero-order valence-corrected chi connectivity index (χ0v) is 17.3. The lowest BCUT2D eigenvalue weighted by atomic mass is 10.1. The molecule has 0 unspecified atom stereocenters. The van der Waals surface area contributed by atoms with Crippen LogP contribution in [-0.2, 0) is 4.74 Å². The summed E-state index contributed by atoms with van der Waals surface area (Å²) in [4.78, 5) is 2.34. The first-order valence-electron chi connectivity index (χ1n) is 9.33. The monoisotopic (exact) mass is 401 g/mol. The molecule has 2 aromatic rings. The van der Waals surface area contributed by atoms with E-state index in [0.29, 0.717) is 10.9 Å².